The van der Waals surface area contributed by atoms with Crippen molar-refractivity contribution in [3.8, 4) is 0 Å². The highest BCUT2D eigenvalue weighted by Gasteiger charge is 2.32. The van der Waals surface area contributed by atoms with Crippen molar-refractivity contribution in [2.75, 3.05) is 5.32 Å². The fourth-order valence-electron chi connectivity index (χ4n) is 1.70. The molecule has 2 amide bonds. The van der Waals surface area contributed by atoms with E-state index in [1.165, 1.54) is 12.1 Å². The van der Waals surface area contributed by atoms with Crippen molar-refractivity contribution in [2.45, 2.75) is 6.18 Å². The summed E-state index contributed by atoms with van der Waals surface area (Å²) >= 11 is 0. The molecule has 114 valence electrons. The highest BCUT2D eigenvalue weighted by Crippen LogP contribution is 2.27. The summed E-state index contributed by atoms with van der Waals surface area (Å²) in [7, 11) is 0. The topological polar surface area (TPSA) is 85.1 Å². The fourth-order valence-corrected chi connectivity index (χ4v) is 1.70. The molecule has 0 fully saturated rings. The minimum absolute atomic E-state index is 0.0766. The molecule has 5 nitrogen and oxygen atoms in total. The van der Waals surface area contributed by atoms with Crippen molar-refractivity contribution in [3.05, 3.63) is 59.4 Å². The van der Waals surface area contributed by atoms with Crippen LogP contribution < -0.4 is 11.1 Å². The van der Waals surface area contributed by atoms with Crippen molar-refractivity contribution >= 4 is 17.5 Å². The number of hydrogen-bond acceptors (Lipinski definition) is 3. The van der Waals surface area contributed by atoms with Crippen LogP contribution in [-0.4, -0.2) is 16.8 Å². The van der Waals surface area contributed by atoms with Crippen LogP contribution in [0, 0.1) is 0 Å². The lowest BCUT2D eigenvalue weighted by atomic mass is 10.1. The van der Waals surface area contributed by atoms with Gasteiger partial charge in [0, 0.05) is 6.20 Å². The molecule has 2 rings (SSSR count). The molecule has 0 bridgehead atoms. The number of primary amides is 1. The van der Waals surface area contributed by atoms with Gasteiger partial charge in [0.2, 0.25) is 0 Å². The number of aromatic nitrogens is 1. The zero-order valence-corrected chi connectivity index (χ0v) is 11.0. The molecule has 1 aromatic heterocycles. The lowest BCUT2D eigenvalue weighted by Gasteiger charge is -2.09. The number of carbonyl (C=O) groups is 2. The summed E-state index contributed by atoms with van der Waals surface area (Å²) < 4.78 is 37.2. The zero-order valence-electron chi connectivity index (χ0n) is 11.0. The normalized spacial score (nSPS) is 11.0. The molecule has 2 aromatic rings. The number of anilines is 1. The van der Waals surface area contributed by atoms with Gasteiger partial charge in [-0.1, -0.05) is 12.1 Å². The average Bonchev–Trinajstić information content (AvgIpc) is 2.46. The van der Waals surface area contributed by atoms with Crippen molar-refractivity contribution < 1.29 is 22.8 Å². The van der Waals surface area contributed by atoms with Gasteiger partial charge in [-0.05, 0) is 24.3 Å². The zero-order chi connectivity index (χ0) is 16.3. The van der Waals surface area contributed by atoms with E-state index in [2.05, 4.69) is 10.3 Å². The molecule has 0 saturated heterocycles. The van der Waals surface area contributed by atoms with E-state index in [4.69, 9.17) is 5.73 Å². The monoisotopic (exact) mass is 309 g/mol. The molecule has 0 aliphatic carbocycles. The molecule has 0 radical (unpaired) electrons. The Morgan fingerprint density at radius 2 is 1.77 bits per heavy atom. The summed E-state index contributed by atoms with van der Waals surface area (Å²) in [5.74, 6) is -1.43. The van der Waals surface area contributed by atoms with Crippen molar-refractivity contribution in [1.82, 2.24) is 4.98 Å². The minimum atomic E-state index is -4.58. The van der Waals surface area contributed by atoms with E-state index in [0.717, 1.165) is 12.3 Å². The van der Waals surface area contributed by atoms with Crippen LogP contribution in [0.5, 0.6) is 0 Å². The van der Waals surface area contributed by atoms with Crippen molar-refractivity contribution in [2.24, 2.45) is 5.73 Å². The van der Waals surface area contributed by atoms with E-state index in [9.17, 15) is 22.8 Å². The summed E-state index contributed by atoms with van der Waals surface area (Å²) in [5.41, 5.74) is 4.26. The molecule has 22 heavy (non-hydrogen) atoms. The Labute approximate surface area is 123 Å². The molecule has 0 unspecified atom stereocenters. The number of carbonyl (C=O) groups excluding carboxylic acids is 2. The average molecular weight is 309 g/mol. The van der Waals surface area contributed by atoms with Gasteiger partial charge in [-0.25, -0.2) is 0 Å². The molecule has 0 atom stereocenters. The number of nitrogens with zero attached hydrogens (tertiary/aromatic N) is 1. The van der Waals surface area contributed by atoms with E-state index in [1.807, 2.05) is 0 Å². The molecule has 0 spiro atoms. The first kappa shape index (κ1) is 15.5. The minimum Gasteiger partial charge on any atom is -0.366 e. The van der Waals surface area contributed by atoms with Crippen LogP contribution in [-0.2, 0) is 6.18 Å². The largest absolute Gasteiger partial charge is 0.433 e. The molecule has 0 aliphatic heterocycles. The van der Waals surface area contributed by atoms with Crippen molar-refractivity contribution in [3.63, 3.8) is 0 Å². The van der Waals surface area contributed by atoms with Gasteiger partial charge in [0.1, 0.15) is 5.69 Å². The van der Waals surface area contributed by atoms with Gasteiger partial charge < -0.3 is 11.1 Å². The maximum Gasteiger partial charge on any atom is 0.433 e. The van der Waals surface area contributed by atoms with Crippen LogP contribution in [0.4, 0.5) is 18.9 Å². The first-order valence-electron chi connectivity index (χ1n) is 6.02. The number of nitrogens with two attached hydrogens (primary N) is 1. The fraction of sp³-hybridized carbons (Fsp3) is 0.0714. The maximum absolute atomic E-state index is 12.4. The first-order chi connectivity index (χ1) is 10.3. The summed E-state index contributed by atoms with van der Waals surface area (Å²) in [5, 5.41) is 2.41. The number of nitrogens with one attached hydrogen (secondary N) is 1. The van der Waals surface area contributed by atoms with E-state index < -0.39 is 23.7 Å². The number of rotatable bonds is 3. The van der Waals surface area contributed by atoms with Crippen LogP contribution in [0.25, 0.3) is 0 Å². The van der Waals surface area contributed by atoms with Crippen LogP contribution >= 0.6 is 0 Å². The smallest absolute Gasteiger partial charge is 0.366 e. The second-order valence-corrected chi connectivity index (χ2v) is 4.29. The Balaban J connectivity index is 2.22. The highest BCUT2D eigenvalue weighted by molar-refractivity contribution is 6.08. The lowest BCUT2D eigenvalue weighted by molar-refractivity contribution is -0.141. The van der Waals surface area contributed by atoms with Gasteiger partial charge in [0.25, 0.3) is 11.8 Å². The Morgan fingerprint density at radius 3 is 2.32 bits per heavy atom. The van der Waals surface area contributed by atoms with E-state index in [0.29, 0.717) is 6.07 Å². The number of amides is 2. The number of alkyl halides is 3. The maximum atomic E-state index is 12.4. The summed E-state index contributed by atoms with van der Waals surface area (Å²) in [6.07, 6.45) is -3.77. The standard InChI is InChI=1S/C14H10F3N3O2/c15-14(16,17)11-6-5-8(7-19-11)13(22)20-10-4-2-1-3-9(10)12(18)21/h1-7H,(H2,18,21)(H,20,22). The van der Waals surface area contributed by atoms with E-state index >= 15 is 0 Å². The molecule has 0 saturated carbocycles. The summed E-state index contributed by atoms with van der Waals surface area (Å²) in [6.45, 7) is 0. The molecule has 0 aliphatic rings. The van der Waals surface area contributed by atoms with Crippen LogP contribution in [0.3, 0.4) is 0 Å². The quantitative estimate of drug-likeness (QED) is 0.913. The summed E-state index contributed by atoms with van der Waals surface area (Å²) in [4.78, 5) is 26.4. The van der Waals surface area contributed by atoms with Gasteiger partial charge in [-0.15, -0.1) is 0 Å². The Bertz CT molecular complexity index is 712. The molecule has 3 N–H and O–H groups in total. The Hall–Kier alpha value is -2.90. The van der Waals surface area contributed by atoms with Crippen LogP contribution in [0.1, 0.15) is 26.4 Å². The number of benzene rings is 1. The molecule has 1 heterocycles. The third-order valence-corrected chi connectivity index (χ3v) is 2.76. The van der Waals surface area contributed by atoms with Gasteiger partial charge in [0.05, 0.1) is 16.8 Å². The van der Waals surface area contributed by atoms with Gasteiger partial charge in [-0.3, -0.25) is 14.6 Å². The van der Waals surface area contributed by atoms with E-state index in [-0.39, 0.29) is 16.8 Å². The van der Waals surface area contributed by atoms with E-state index in [1.54, 1.807) is 12.1 Å². The highest BCUT2D eigenvalue weighted by atomic mass is 19.4. The lowest BCUT2D eigenvalue weighted by Crippen LogP contribution is -2.18. The molecule has 8 heteroatoms. The second kappa shape index (κ2) is 5.84. The van der Waals surface area contributed by atoms with Gasteiger partial charge in [-0.2, -0.15) is 13.2 Å². The number of hydrogen-bond donors (Lipinski definition) is 2. The third-order valence-electron chi connectivity index (χ3n) is 2.76. The predicted molar refractivity (Wildman–Crippen MR) is 72.2 cm³/mol. The molecular formula is C14H10F3N3O2. The third kappa shape index (κ3) is 3.40. The SMILES string of the molecule is NC(=O)c1ccccc1NC(=O)c1ccc(C(F)(F)F)nc1. The first-order valence-corrected chi connectivity index (χ1v) is 6.02. The van der Waals surface area contributed by atoms with Crippen molar-refractivity contribution in [1.29, 1.82) is 0 Å². The van der Waals surface area contributed by atoms with Crippen LogP contribution in [0.15, 0.2) is 42.6 Å². The second-order valence-electron chi connectivity index (χ2n) is 4.29. The van der Waals surface area contributed by atoms with Gasteiger partial charge in [0.15, 0.2) is 0 Å². The number of para-hydroxylation sites is 1. The number of pyridine rings is 1. The number of halogens is 3. The molecular weight excluding hydrogens is 299 g/mol. The Kier molecular flexibility index (Phi) is 4.11. The predicted octanol–water partition coefficient (Wildman–Crippen LogP) is 2.45. The molecule has 1 aromatic carbocycles. The summed E-state index contributed by atoms with van der Waals surface area (Å²) in [6, 6.07) is 7.72. The Morgan fingerprint density at radius 1 is 1.09 bits per heavy atom. The van der Waals surface area contributed by atoms with Gasteiger partial charge >= 0.3 is 6.18 Å². The van der Waals surface area contributed by atoms with Crippen LogP contribution in [0.2, 0.25) is 0 Å².